The third-order valence-corrected chi connectivity index (χ3v) is 6.74. The van der Waals surface area contributed by atoms with Gasteiger partial charge in [-0.3, -0.25) is 4.79 Å². The van der Waals surface area contributed by atoms with Crippen LogP contribution in [0.2, 0.25) is 0 Å². The third-order valence-electron chi connectivity index (χ3n) is 5.37. The van der Waals surface area contributed by atoms with Gasteiger partial charge in [0.2, 0.25) is 0 Å². The summed E-state index contributed by atoms with van der Waals surface area (Å²) >= 11 is -1.01. The minimum atomic E-state index is -1.01. The second-order valence-corrected chi connectivity index (χ2v) is 9.18. The Morgan fingerprint density at radius 2 is 2.07 bits per heavy atom. The monoisotopic (exact) mass is 386 g/mol. The van der Waals surface area contributed by atoms with Gasteiger partial charge in [-0.05, 0) is 62.8 Å². The van der Waals surface area contributed by atoms with Crippen LogP contribution < -0.4 is 14.6 Å². The zero-order chi connectivity index (χ0) is 19.1. The van der Waals surface area contributed by atoms with E-state index < -0.39 is 11.4 Å². The van der Waals surface area contributed by atoms with E-state index in [1.54, 1.807) is 11.6 Å². The van der Waals surface area contributed by atoms with E-state index in [1.807, 2.05) is 30.4 Å². The van der Waals surface area contributed by atoms with Crippen LogP contribution in [0.15, 0.2) is 29.2 Å². The van der Waals surface area contributed by atoms with Gasteiger partial charge in [0.25, 0.3) is 5.56 Å². The molecule has 1 aliphatic carbocycles. The topological polar surface area (TPSA) is 57.5 Å². The summed E-state index contributed by atoms with van der Waals surface area (Å²) in [4.78, 5) is 12.1. The molecule has 6 heteroatoms. The first-order valence-corrected chi connectivity index (χ1v) is 10.9. The lowest BCUT2D eigenvalue weighted by molar-refractivity contribution is 0.301. The number of aryl methyl sites for hydroxylation is 2. The molecule has 1 atom stereocenters. The number of ether oxygens (including phenoxy) is 1. The van der Waals surface area contributed by atoms with Gasteiger partial charge in [0.05, 0.1) is 30.2 Å². The fraction of sp³-hybridized carbons (Fsp3) is 0.476. The lowest BCUT2D eigenvalue weighted by atomic mass is 10.0. The van der Waals surface area contributed by atoms with Gasteiger partial charge in [-0.15, -0.1) is 0 Å². The van der Waals surface area contributed by atoms with Gasteiger partial charge in [-0.2, -0.15) is 4.31 Å². The summed E-state index contributed by atoms with van der Waals surface area (Å²) in [7, 11) is 1.77. The number of rotatable bonds is 6. The average molecular weight is 387 g/mol. The number of aromatic nitrogens is 1. The van der Waals surface area contributed by atoms with E-state index in [0.29, 0.717) is 17.2 Å². The molecular formula is C21H26N2O3S. The number of hydrogen-bond donors (Lipinski definition) is 0. The predicted molar refractivity (Wildman–Crippen MR) is 110 cm³/mol. The molecule has 1 aromatic carbocycles. The van der Waals surface area contributed by atoms with Crippen LogP contribution in [-0.2, 0) is 24.8 Å². The summed E-state index contributed by atoms with van der Waals surface area (Å²) in [6, 6.07) is 6.13. The molecule has 1 saturated carbocycles. The van der Waals surface area contributed by atoms with E-state index in [4.69, 9.17) is 4.74 Å². The number of nitrogens with zero attached hydrogens (tertiary/aromatic N) is 2. The Morgan fingerprint density at radius 1 is 1.30 bits per heavy atom. The summed E-state index contributed by atoms with van der Waals surface area (Å²) in [5, 5.41) is 0. The van der Waals surface area contributed by atoms with E-state index in [-0.39, 0.29) is 5.56 Å². The van der Waals surface area contributed by atoms with E-state index in [0.717, 1.165) is 42.1 Å². The van der Waals surface area contributed by atoms with Gasteiger partial charge < -0.3 is 13.9 Å². The van der Waals surface area contributed by atoms with Crippen molar-refractivity contribution in [2.24, 2.45) is 13.0 Å². The molecule has 1 unspecified atom stereocenters. The number of anilines is 1. The van der Waals surface area contributed by atoms with Crippen molar-refractivity contribution >= 4 is 17.0 Å². The number of benzene rings is 1. The van der Waals surface area contributed by atoms with Gasteiger partial charge in [0, 0.05) is 29.9 Å². The Hall–Kier alpha value is -1.92. The molecule has 0 bridgehead atoms. The molecule has 5 nitrogen and oxygen atoms in total. The van der Waals surface area contributed by atoms with Crippen LogP contribution in [0.3, 0.4) is 0 Å². The number of pyridine rings is 1. The summed E-state index contributed by atoms with van der Waals surface area (Å²) in [5.74, 6) is 2.13. The normalized spacial score (nSPS) is 17.1. The number of fused-ring (bicyclic) bond motifs is 1. The SMILES string of the molecule is CC[S+]([O-])N1CCc2cc(OCC3CC3)c(-c3cc(C)c(=O)n(C)c3)cc21. The van der Waals surface area contributed by atoms with Crippen LogP contribution in [0, 0.1) is 12.8 Å². The molecule has 2 aromatic rings. The molecule has 1 aliphatic heterocycles. The quantitative estimate of drug-likeness (QED) is 0.716. The minimum absolute atomic E-state index is 0.00840. The van der Waals surface area contributed by atoms with Crippen LogP contribution in [-0.4, -0.2) is 28.0 Å². The molecule has 1 aromatic heterocycles. The molecule has 144 valence electrons. The van der Waals surface area contributed by atoms with E-state index in [9.17, 15) is 9.35 Å². The molecule has 27 heavy (non-hydrogen) atoms. The van der Waals surface area contributed by atoms with Crippen molar-refractivity contribution in [3.8, 4) is 16.9 Å². The van der Waals surface area contributed by atoms with Crippen LogP contribution in [0.1, 0.15) is 30.9 Å². The van der Waals surface area contributed by atoms with E-state index in [2.05, 4.69) is 12.1 Å². The Kier molecular flexibility index (Phi) is 4.95. The molecule has 2 aliphatic rings. The largest absolute Gasteiger partial charge is 0.593 e. The van der Waals surface area contributed by atoms with Crippen LogP contribution >= 0.6 is 0 Å². The summed E-state index contributed by atoms with van der Waals surface area (Å²) in [6.45, 7) is 5.29. The first-order chi connectivity index (χ1) is 13.0. The molecule has 2 heterocycles. The summed E-state index contributed by atoms with van der Waals surface area (Å²) in [5.41, 5.74) is 4.85. The van der Waals surface area contributed by atoms with Crippen molar-refractivity contribution in [2.45, 2.75) is 33.1 Å². The molecule has 0 spiro atoms. The van der Waals surface area contributed by atoms with E-state index >= 15 is 0 Å². The second kappa shape index (κ2) is 7.24. The van der Waals surface area contributed by atoms with Crippen molar-refractivity contribution < 1.29 is 9.29 Å². The molecule has 0 N–H and O–H groups in total. The smallest absolute Gasteiger partial charge is 0.253 e. The Morgan fingerprint density at radius 3 is 2.74 bits per heavy atom. The van der Waals surface area contributed by atoms with Crippen molar-refractivity contribution in [1.82, 2.24) is 4.57 Å². The fourth-order valence-electron chi connectivity index (χ4n) is 3.61. The molecule has 0 radical (unpaired) electrons. The molecular weight excluding hydrogens is 360 g/mol. The Bertz CT molecular complexity index is 894. The standard InChI is InChI=1S/C21H26N2O3S/c1-4-27(25)23-8-7-16-10-20(26-13-15-5-6-15)18(11-19(16)23)17-9-14(2)21(24)22(3)12-17/h9-12,15H,4-8,13H2,1-3H3. The maximum atomic E-state index is 12.4. The lowest BCUT2D eigenvalue weighted by Crippen LogP contribution is -2.30. The fourth-order valence-corrected chi connectivity index (χ4v) is 4.61. The minimum Gasteiger partial charge on any atom is -0.593 e. The maximum absolute atomic E-state index is 12.4. The number of hydrogen-bond acceptors (Lipinski definition) is 4. The first kappa shape index (κ1) is 18.4. The highest BCUT2D eigenvalue weighted by Gasteiger charge is 2.30. The van der Waals surface area contributed by atoms with Crippen molar-refractivity contribution in [2.75, 3.05) is 23.2 Å². The van der Waals surface area contributed by atoms with Gasteiger partial charge in [-0.1, -0.05) is 0 Å². The highest BCUT2D eigenvalue weighted by Crippen LogP contribution is 2.41. The van der Waals surface area contributed by atoms with Crippen LogP contribution in [0.4, 0.5) is 5.69 Å². The summed E-state index contributed by atoms with van der Waals surface area (Å²) in [6.07, 6.45) is 5.22. The zero-order valence-corrected chi connectivity index (χ0v) is 17.0. The Labute approximate surface area is 163 Å². The average Bonchev–Trinajstić information content (AvgIpc) is 3.40. The molecule has 1 fully saturated rings. The van der Waals surface area contributed by atoms with Gasteiger partial charge in [-0.25, -0.2) is 0 Å². The lowest BCUT2D eigenvalue weighted by Gasteiger charge is -2.22. The van der Waals surface area contributed by atoms with E-state index in [1.165, 1.54) is 18.4 Å². The highest BCUT2D eigenvalue weighted by atomic mass is 32.2. The van der Waals surface area contributed by atoms with Gasteiger partial charge in [0.1, 0.15) is 11.5 Å². The molecule has 4 rings (SSSR count). The van der Waals surface area contributed by atoms with Gasteiger partial charge in [0.15, 0.2) is 0 Å². The van der Waals surface area contributed by atoms with Crippen LogP contribution in [0.25, 0.3) is 11.1 Å². The first-order valence-electron chi connectivity index (χ1n) is 9.61. The Balaban J connectivity index is 1.80. The second-order valence-electron chi connectivity index (χ2n) is 7.52. The predicted octanol–water partition coefficient (Wildman–Crippen LogP) is 3.20. The maximum Gasteiger partial charge on any atom is 0.253 e. The molecule has 0 amide bonds. The van der Waals surface area contributed by atoms with Crippen LogP contribution in [0.5, 0.6) is 5.75 Å². The van der Waals surface area contributed by atoms with Crippen molar-refractivity contribution in [1.29, 1.82) is 0 Å². The summed E-state index contributed by atoms with van der Waals surface area (Å²) < 4.78 is 22.2. The highest BCUT2D eigenvalue weighted by molar-refractivity contribution is 7.92. The van der Waals surface area contributed by atoms with Crippen molar-refractivity contribution in [3.63, 3.8) is 0 Å². The van der Waals surface area contributed by atoms with Gasteiger partial charge >= 0.3 is 0 Å². The third kappa shape index (κ3) is 3.60. The molecule has 0 saturated heterocycles. The zero-order valence-electron chi connectivity index (χ0n) is 16.2. The van der Waals surface area contributed by atoms with Crippen molar-refractivity contribution in [3.05, 3.63) is 45.9 Å².